The summed E-state index contributed by atoms with van der Waals surface area (Å²) >= 11 is 0. The van der Waals surface area contributed by atoms with Gasteiger partial charge in [-0.25, -0.2) is 0 Å². The molecule has 2 aliphatic heterocycles. The van der Waals surface area contributed by atoms with Gasteiger partial charge in [0.15, 0.2) is 0 Å². The van der Waals surface area contributed by atoms with E-state index in [2.05, 4.69) is 23.9 Å². The van der Waals surface area contributed by atoms with E-state index in [0.29, 0.717) is 5.56 Å². The molecule has 1 atom stereocenters. The molecule has 26 heavy (non-hydrogen) atoms. The molecule has 3 rings (SSSR count). The van der Waals surface area contributed by atoms with Crippen molar-refractivity contribution in [1.29, 1.82) is 0 Å². The lowest BCUT2D eigenvalue weighted by Gasteiger charge is -2.43. The van der Waals surface area contributed by atoms with Gasteiger partial charge >= 0.3 is 0 Å². The standard InChI is InChI=1S/C20H31N3O3/c1-21(2)9-10-22-11-12-26-16-20(14-22)7-4-8-23(15-20)19(25)17-5-3-6-18(24)13-17/h3,5-6,13,24H,4,7-12,14-16H2,1-2H3/t20-/m0/s1. The predicted molar refractivity (Wildman–Crippen MR) is 101 cm³/mol. The summed E-state index contributed by atoms with van der Waals surface area (Å²) in [6, 6.07) is 6.64. The van der Waals surface area contributed by atoms with Crippen molar-refractivity contribution in [2.45, 2.75) is 12.8 Å². The molecule has 1 amide bonds. The van der Waals surface area contributed by atoms with Gasteiger partial charge in [-0.15, -0.1) is 0 Å². The first-order valence-corrected chi connectivity index (χ1v) is 9.51. The van der Waals surface area contributed by atoms with Crippen molar-refractivity contribution >= 4 is 5.91 Å². The average molecular weight is 361 g/mol. The third kappa shape index (κ3) is 4.75. The number of amides is 1. The number of carbonyl (C=O) groups is 1. The third-order valence-corrected chi connectivity index (χ3v) is 5.42. The van der Waals surface area contributed by atoms with Crippen LogP contribution in [0.5, 0.6) is 5.75 Å². The fraction of sp³-hybridized carbons (Fsp3) is 0.650. The molecule has 2 aliphatic rings. The summed E-state index contributed by atoms with van der Waals surface area (Å²) in [4.78, 5) is 19.5. The van der Waals surface area contributed by atoms with Gasteiger partial charge in [-0.1, -0.05) is 6.07 Å². The second kappa shape index (κ2) is 8.37. The molecule has 2 fully saturated rings. The van der Waals surface area contributed by atoms with Crippen molar-refractivity contribution in [2.75, 3.05) is 66.6 Å². The van der Waals surface area contributed by atoms with Gasteiger partial charge in [-0.3, -0.25) is 9.69 Å². The first-order valence-electron chi connectivity index (χ1n) is 9.51. The van der Waals surface area contributed by atoms with Crippen molar-refractivity contribution in [1.82, 2.24) is 14.7 Å². The van der Waals surface area contributed by atoms with Crippen LogP contribution < -0.4 is 0 Å². The number of nitrogens with zero attached hydrogens (tertiary/aromatic N) is 3. The summed E-state index contributed by atoms with van der Waals surface area (Å²) < 4.78 is 5.94. The maximum absolute atomic E-state index is 12.9. The van der Waals surface area contributed by atoms with Crippen LogP contribution >= 0.6 is 0 Å². The van der Waals surface area contributed by atoms with E-state index in [9.17, 15) is 9.90 Å². The number of aromatic hydroxyl groups is 1. The Morgan fingerprint density at radius 2 is 2.15 bits per heavy atom. The lowest BCUT2D eigenvalue weighted by atomic mass is 9.80. The summed E-state index contributed by atoms with van der Waals surface area (Å²) in [5.41, 5.74) is 0.564. The van der Waals surface area contributed by atoms with E-state index >= 15 is 0 Å². The molecular formula is C20H31N3O3. The Kier molecular flexibility index (Phi) is 6.16. The first-order chi connectivity index (χ1) is 12.5. The van der Waals surface area contributed by atoms with Crippen LogP contribution in [0.2, 0.25) is 0 Å². The smallest absolute Gasteiger partial charge is 0.254 e. The van der Waals surface area contributed by atoms with Crippen LogP contribution in [0.4, 0.5) is 0 Å². The molecule has 0 radical (unpaired) electrons. The van der Waals surface area contributed by atoms with Crippen LogP contribution in [0.15, 0.2) is 24.3 Å². The number of likely N-dealkylation sites (N-methyl/N-ethyl adjacent to an activating group) is 1. The third-order valence-electron chi connectivity index (χ3n) is 5.42. The predicted octanol–water partition coefficient (Wildman–Crippen LogP) is 1.51. The van der Waals surface area contributed by atoms with Crippen molar-refractivity contribution in [3.05, 3.63) is 29.8 Å². The Balaban J connectivity index is 1.70. The highest BCUT2D eigenvalue weighted by molar-refractivity contribution is 5.94. The summed E-state index contributed by atoms with van der Waals surface area (Å²) in [5.74, 6) is 0.138. The zero-order valence-corrected chi connectivity index (χ0v) is 16.0. The van der Waals surface area contributed by atoms with Crippen LogP contribution in [0.1, 0.15) is 23.2 Å². The van der Waals surface area contributed by atoms with Crippen molar-refractivity contribution in [3.63, 3.8) is 0 Å². The topological polar surface area (TPSA) is 56.2 Å². The highest BCUT2D eigenvalue weighted by Gasteiger charge is 2.40. The largest absolute Gasteiger partial charge is 0.508 e. The molecule has 1 aromatic carbocycles. The highest BCUT2D eigenvalue weighted by Crippen LogP contribution is 2.33. The summed E-state index contributed by atoms with van der Waals surface area (Å²) in [7, 11) is 4.20. The fourth-order valence-corrected chi connectivity index (χ4v) is 4.06. The molecule has 0 bridgehead atoms. The van der Waals surface area contributed by atoms with E-state index in [1.807, 2.05) is 4.90 Å². The van der Waals surface area contributed by atoms with Gasteiger partial charge in [0.2, 0.25) is 0 Å². The molecule has 2 saturated heterocycles. The molecule has 1 aromatic rings. The SMILES string of the molecule is CN(C)CCN1CCOC[C@@]2(CCCN(C(=O)c3cccc(O)c3)C2)C1. The van der Waals surface area contributed by atoms with Crippen molar-refractivity contribution in [2.24, 2.45) is 5.41 Å². The number of rotatable bonds is 4. The Morgan fingerprint density at radius 1 is 1.31 bits per heavy atom. The fourth-order valence-electron chi connectivity index (χ4n) is 4.06. The van der Waals surface area contributed by atoms with E-state index in [1.165, 1.54) is 0 Å². The Bertz CT molecular complexity index is 622. The minimum Gasteiger partial charge on any atom is -0.508 e. The molecule has 0 saturated carbocycles. The molecule has 6 heteroatoms. The second-order valence-electron chi connectivity index (χ2n) is 8.01. The average Bonchev–Trinajstić information content (AvgIpc) is 2.81. The molecule has 6 nitrogen and oxygen atoms in total. The second-order valence-corrected chi connectivity index (χ2v) is 8.01. The maximum atomic E-state index is 12.9. The number of phenols is 1. The zero-order chi connectivity index (χ0) is 18.6. The monoisotopic (exact) mass is 361 g/mol. The number of piperidine rings is 1. The number of carbonyl (C=O) groups excluding carboxylic acids is 1. The van der Waals surface area contributed by atoms with E-state index in [4.69, 9.17) is 4.74 Å². The quantitative estimate of drug-likeness (QED) is 0.881. The molecular weight excluding hydrogens is 330 g/mol. The van der Waals surface area contributed by atoms with Gasteiger partial charge in [0.05, 0.1) is 13.2 Å². The molecule has 0 aliphatic carbocycles. The highest BCUT2D eigenvalue weighted by atomic mass is 16.5. The molecule has 0 unspecified atom stereocenters. The van der Waals surface area contributed by atoms with Gasteiger partial charge in [0.25, 0.3) is 5.91 Å². The van der Waals surface area contributed by atoms with E-state index < -0.39 is 0 Å². The molecule has 1 spiro atoms. The normalized spacial score (nSPS) is 24.8. The van der Waals surface area contributed by atoms with E-state index in [1.54, 1.807) is 24.3 Å². The van der Waals surface area contributed by atoms with Crippen LogP contribution in [0.25, 0.3) is 0 Å². The molecule has 2 heterocycles. The maximum Gasteiger partial charge on any atom is 0.254 e. The molecule has 1 N–H and O–H groups in total. The van der Waals surface area contributed by atoms with Crippen LogP contribution in [-0.4, -0.2) is 92.3 Å². The van der Waals surface area contributed by atoms with E-state index in [0.717, 1.165) is 65.3 Å². The van der Waals surface area contributed by atoms with Crippen LogP contribution in [-0.2, 0) is 4.74 Å². The number of hydrogen-bond acceptors (Lipinski definition) is 5. The minimum absolute atomic E-state index is 0.00376. The number of ether oxygens (including phenoxy) is 1. The molecule has 144 valence electrons. The van der Waals surface area contributed by atoms with Gasteiger partial charge in [0.1, 0.15) is 5.75 Å². The van der Waals surface area contributed by atoms with Crippen molar-refractivity contribution in [3.8, 4) is 5.75 Å². The Hall–Kier alpha value is -1.63. The summed E-state index contributed by atoms with van der Waals surface area (Å²) in [6.45, 7) is 6.96. The minimum atomic E-state index is 0.00376. The Labute approximate surface area is 156 Å². The van der Waals surface area contributed by atoms with Gasteiger partial charge in [0, 0.05) is 50.2 Å². The Morgan fingerprint density at radius 3 is 2.92 bits per heavy atom. The van der Waals surface area contributed by atoms with Gasteiger partial charge in [-0.05, 0) is 45.1 Å². The summed E-state index contributed by atoms with van der Waals surface area (Å²) in [5, 5.41) is 9.68. The number of benzene rings is 1. The molecule has 0 aromatic heterocycles. The lowest BCUT2D eigenvalue weighted by molar-refractivity contribution is 0.00716. The van der Waals surface area contributed by atoms with Gasteiger partial charge < -0.3 is 19.6 Å². The van der Waals surface area contributed by atoms with E-state index in [-0.39, 0.29) is 17.1 Å². The number of likely N-dealkylation sites (tertiary alicyclic amines) is 1. The van der Waals surface area contributed by atoms with Crippen LogP contribution in [0, 0.1) is 5.41 Å². The van der Waals surface area contributed by atoms with Crippen molar-refractivity contribution < 1.29 is 14.6 Å². The zero-order valence-electron chi connectivity index (χ0n) is 16.0. The number of phenolic OH excluding ortho intramolecular Hbond substituents is 1. The van der Waals surface area contributed by atoms with Crippen LogP contribution in [0.3, 0.4) is 0 Å². The number of hydrogen-bond donors (Lipinski definition) is 1. The summed E-state index contributed by atoms with van der Waals surface area (Å²) in [6.07, 6.45) is 2.09. The lowest BCUT2D eigenvalue weighted by Crippen LogP contribution is -2.52. The first kappa shape index (κ1) is 19.1. The van der Waals surface area contributed by atoms with Gasteiger partial charge in [-0.2, -0.15) is 0 Å².